The number of rotatable bonds is 8. The van der Waals surface area contributed by atoms with Crippen LogP contribution < -0.4 is 10.6 Å². The summed E-state index contributed by atoms with van der Waals surface area (Å²) in [5.74, 6) is -0.438. The van der Waals surface area contributed by atoms with Crippen LogP contribution in [0.3, 0.4) is 0 Å². The number of furan rings is 1. The normalized spacial score (nSPS) is 19.9. The Labute approximate surface area is 165 Å². The molecule has 3 rings (SSSR count). The van der Waals surface area contributed by atoms with E-state index in [1.807, 2.05) is 12.1 Å². The third-order valence-electron chi connectivity index (χ3n) is 5.06. The van der Waals surface area contributed by atoms with Gasteiger partial charge in [-0.15, -0.1) is 0 Å². The van der Waals surface area contributed by atoms with Gasteiger partial charge in [-0.1, -0.05) is 0 Å². The summed E-state index contributed by atoms with van der Waals surface area (Å²) in [7, 11) is 0. The number of morpholine rings is 2. The number of nitrogens with zero attached hydrogens (tertiary/aromatic N) is 2. The van der Waals surface area contributed by atoms with Crippen molar-refractivity contribution in [3.8, 4) is 0 Å². The topological polar surface area (TPSA) is 96.3 Å². The summed E-state index contributed by atoms with van der Waals surface area (Å²) in [5, 5.41) is 5.43. The minimum absolute atomic E-state index is 0.114. The van der Waals surface area contributed by atoms with E-state index in [2.05, 4.69) is 20.4 Å². The Hall–Kier alpha value is -1.94. The Bertz CT molecular complexity index is 597. The Kier molecular flexibility index (Phi) is 8.28. The van der Waals surface area contributed by atoms with Crippen molar-refractivity contribution in [3.05, 3.63) is 24.2 Å². The van der Waals surface area contributed by atoms with E-state index < -0.39 is 11.8 Å². The van der Waals surface area contributed by atoms with Gasteiger partial charge in [-0.25, -0.2) is 0 Å². The lowest BCUT2D eigenvalue weighted by Gasteiger charge is -2.33. The summed E-state index contributed by atoms with van der Waals surface area (Å²) in [5.41, 5.74) is 0. The van der Waals surface area contributed by atoms with E-state index >= 15 is 0 Å². The largest absolute Gasteiger partial charge is 0.468 e. The lowest BCUT2D eigenvalue weighted by atomic mass is 10.1. The van der Waals surface area contributed by atoms with Crippen LogP contribution in [0.25, 0.3) is 0 Å². The van der Waals surface area contributed by atoms with Crippen molar-refractivity contribution < 1.29 is 23.5 Å². The molecule has 0 bridgehead atoms. The van der Waals surface area contributed by atoms with Crippen molar-refractivity contribution in [2.75, 3.05) is 72.2 Å². The van der Waals surface area contributed by atoms with E-state index in [-0.39, 0.29) is 6.04 Å². The average Bonchev–Trinajstić information content (AvgIpc) is 3.27. The number of ether oxygens (including phenoxy) is 2. The van der Waals surface area contributed by atoms with E-state index in [1.54, 1.807) is 6.26 Å². The van der Waals surface area contributed by atoms with Gasteiger partial charge in [0, 0.05) is 39.3 Å². The molecule has 0 aromatic carbocycles. The fourth-order valence-electron chi connectivity index (χ4n) is 3.46. The SMILES string of the molecule is O=C(NCCCN1CCOCC1)C(=O)NC[C@H](c1ccco1)N1CCOCC1. The van der Waals surface area contributed by atoms with E-state index in [1.165, 1.54) is 0 Å². The molecule has 1 aromatic heterocycles. The monoisotopic (exact) mass is 394 g/mol. The molecule has 9 nitrogen and oxygen atoms in total. The number of carbonyl (C=O) groups excluding carboxylic acids is 2. The van der Waals surface area contributed by atoms with Gasteiger partial charge in [0.2, 0.25) is 0 Å². The van der Waals surface area contributed by atoms with Gasteiger partial charge < -0.3 is 24.5 Å². The van der Waals surface area contributed by atoms with Gasteiger partial charge >= 0.3 is 11.8 Å². The average molecular weight is 394 g/mol. The summed E-state index contributed by atoms with van der Waals surface area (Å²) < 4.78 is 16.2. The maximum atomic E-state index is 12.2. The van der Waals surface area contributed by atoms with Gasteiger partial charge in [0.1, 0.15) is 5.76 Å². The number of carbonyl (C=O) groups is 2. The fraction of sp³-hybridized carbons (Fsp3) is 0.684. The molecule has 28 heavy (non-hydrogen) atoms. The van der Waals surface area contributed by atoms with Crippen LogP contribution in [-0.4, -0.2) is 93.9 Å². The van der Waals surface area contributed by atoms with Crippen LogP contribution in [0.1, 0.15) is 18.2 Å². The molecule has 2 amide bonds. The summed E-state index contributed by atoms with van der Waals surface area (Å²) in [6.45, 7) is 7.86. The summed E-state index contributed by atoms with van der Waals surface area (Å²) in [6, 6.07) is 3.60. The lowest BCUT2D eigenvalue weighted by molar-refractivity contribution is -0.139. The van der Waals surface area contributed by atoms with Crippen LogP contribution in [-0.2, 0) is 19.1 Å². The second-order valence-electron chi connectivity index (χ2n) is 6.95. The predicted molar refractivity (Wildman–Crippen MR) is 102 cm³/mol. The quantitative estimate of drug-likeness (QED) is 0.458. The van der Waals surface area contributed by atoms with Crippen LogP contribution in [0.5, 0.6) is 0 Å². The maximum Gasteiger partial charge on any atom is 0.309 e. The highest BCUT2D eigenvalue weighted by atomic mass is 16.5. The number of amides is 2. The van der Waals surface area contributed by atoms with Crippen molar-refractivity contribution >= 4 is 11.8 Å². The smallest absolute Gasteiger partial charge is 0.309 e. The first kappa shape index (κ1) is 20.8. The van der Waals surface area contributed by atoms with Crippen LogP contribution >= 0.6 is 0 Å². The Morgan fingerprint density at radius 1 is 1.00 bits per heavy atom. The van der Waals surface area contributed by atoms with Crippen molar-refractivity contribution in [1.82, 2.24) is 20.4 Å². The Balaban J connectivity index is 1.38. The molecule has 0 unspecified atom stereocenters. The minimum Gasteiger partial charge on any atom is -0.468 e. The molecule has 1 atom stereocenters. The third kappa shape index (κ3) is 6.30. The van der Waals surface area contributed by atoms with Gasteiger partial charge in [-0.3, -0.25) is 19.4 Å². The van der Waals surface area contributed by atoms with Gasteiger partial charge in [0.15, 0.2) is 0 Å². The van der Waals surface area contributed by atoms with Crippen molar-refractivity contribution in [1.29, 1.82) is 0 Å². The highest BCUT2D eigenvalue weighted by Crippen LogP contribution is 2.21. The molecule has 2 fully saturated rings. The standard InChI is InChI=1S/C19H30N4O5/c24-18(20-4-2-5-22-6-11-26-12-7-22)19(25)21-15-16(17-3-1-10-28-17)23-8-13-27-14-9-23/h1,3,10,16H,2,4-9,11-15H2,(H,20,24)(H,21,25)/t16-/m1/s1. The molecule has 2 aliphatic heterocycles. The van der Waals surface area contributed by atoms with Gasteiger partial charge in [-0.05, 0) is 25.1 Å². The number of hydrogen-bond donors (Lipinski definition) is 2. The molecule has 0 aliphatic carbocycles. The summed E-state index contributed by atoms with van der Waals surface area (Å²) >= 11 is 0. The van der Waals surface area contributed by atoms with Crippen LogP contribution in [0.4, 0.5) is 0 Å². The second kappa shape index (κ2) is 11.2. The van der Waals surface area contributed by atoms with Gasteiger partial charge in [0.05, 0.1) is 38.7 Å². The first-order chi connectivity index (χ1) is 13.7. The van der Waals surface area contributed by atoms with Crippen LogP contribution in [0.15, 0.2) is 22.8 Å². The molecular weight excluding hydrogens is 364 g/mol. The minimum atomic E-state index is -0.615. The molecule has 3 heterocycles. The van der Waals surface area contributed by atoms with Crippen LogP contribution in [0, 0.1) is 0 Å². The molecule has 0 spiro atoms. The molecule has 2 saturated heterocycles. The maximum absolute atomic E-state index is 12.2. The third-order valence-corrected chi connectivity index (χ3v) is 5.06. The van der Waals surface area contributed by atoms with E-state index in [9.17, 15) is 9.59 Å². The Morgan fingerprint density at radius 2 is 1.68 bits per heavy atom. The summed E-state index contributed by atoms with van der Waals surface area (Å²) in [6.07, 6.45) is 2.42. The molecule has 156 valence electrons. The van der Waals surface area contributed by atoms with E-state index in [0.717, 1.165) is 58.1 Å². The highest BCUT2D eigenvalue weighted by molar-refractivity contribution is 6.35. The molecule has 9 heteroatoms. The Morgan fingerprint density at radius 3 is 2.36 bits per heavy atom. The molecular formula is C19H30N4O5. The van der Waals surface area contributed by atoms with Crippen molar-refractivity contribution in [2.24, 2.45) is 0 Å². The number of nitrogens with one attached hydrogen (secondary N) is 2. The first-order valence-corrected chi connectivity index (χ1v) is 9.95. The van der Waals surface area contributed by atoms with Crippen LogP contribution in [0.2, 0.25) is 0 Å². The zero-order valence-electron chi connectivity index (χ0n) is 16.2. The van der Waals surface area contributed by atoms with Crippen molar-refractivity contribution in [3.63, 3.8) is 0 Å². The predicted octanol–water partition coefficient (Wildman–Crippen LogP) is -0.392. The molecule has 1 aromatic rings. The van der Waals surface area contributed by atoms with Crippen molar-refractivity contribution in [2.45, 2.75) is 12.5 Å². The first-order valence-electron chi connectivity index (χ1n) is 9.95. The van der Waals surface area contributed by atoms with E-state index in [4.69, 9.17) is 13.9 Å². The number of hydrogen-bond acceptors (Lipinski definition) is 7. The summed E-state index contributed by atoms with van der Waals surface area (Å²) in [4.78, 5) is 28.7. The zero-order valence-corrected chi connectivity index (χ0v) is 16.2. The lowest BCUT2D eigenvalue weighted by Crippen LogP contribution is -2.47. The molecule has 0 saturated carbocycles. The van der Waals surface area contributed by atoms with Gasteiger partial charge in [-0.2, -0.15) is 0 Å². The highest BCUT2D eigenvalue weighted by Gasteiger charge is 2.26. The van der Waals surface area contributed by atoms with Gasteiger partial charge in [0.25, 0.3) is 0 Å². The molecule has 0 radical (unpaired) electrons. The molecule has 2 N–H and O–H groups in total. The zero-order chi connectivity index (χ0) is 19.6. The second-order valence-corrected chi connectivity index (χ2v) is 6.95. The fourth-order valence-corrected chi connectivity index (χ4v) is 3.46. The van der Waals surface area contributed by atoms with E-state index in [0.29, 0.717) is 26.3 Å². The molecule has 2 aliphatic rings.